The van der Waals surface area contributed by atoms with Gasteiger partial charge in [0.05, 0.1) is 25.0 Å². The fourth-order valence-electron chi connectivity index (χ4n) is 2.97. The van der Waals surface area contributed by atoms with Crippen molar-refractivity contribution in [3.05, 3.63) is 12.3 Å². The molecule has 1 aliphatic heterocycles. The van der Waals surface area contributed by atoms with Crippen LogP contribution in [-0.4, -0.2) is 54.3 Å². The van der Waals surface area contributed by atoms with Gasteiger partial charge in [-0.1, -0.05) is 0 Å². The number of amides is 3. The fraction of sp³-hybridized carbons (Fsp3) is 0.733. The van der Waals surface area contributed by atoms with Gasteiger partial charge in [-0.05, 0) is 27.2 Å². The molecule has 1 saturated carbocycles. The van der Waals surface area contributed by atoms with Crippen molar-refractivity contribution < 1.29 is 28.9 Å². The Morgan fingerprint density at radius 2 is 2.04 bits per heavy atom. The van der Waals surface area contributed by atoms with Crippen LogP contribution in [0.5, 0.6) is 0 Å². The third kappa shape index (κ3) is 4.43. The van der Waals surface area contributed by atoms with Crippen molar-refractivity contribution in [2.45, 2.75) is 51.2 Å². The Morgan fingerprint density at radius 1 is 1.35 bits per heavy atom. The summed E-state index contributed by atoms with van der Waals surface area (Å²) in [7, 11) is 0. The second-order valence-corrected chi connectivity index (χ2v) is 6.07. The molecule has 1 unspecified atom stereocenters. The van der Waals surface area contributed by atoms with Crippen LogP contribution in [0.3, 0.4) is 0 Å². The highest BCUT2D eigenvalue weighted by Crippen LogP contribution is 2.41. The molecule has 3 N–H and O–H groups in total. The molecule has 0 radical (unpaired) electrons. The minimum absolute atomic E-state index is 0.0452. The molecule has 2 aliphatic rings. The molecule has 23 heavy (non-hydrogen) atoms. The Balaban J connectivity index is 1.89. The molecule has 2 fully saturated rings. The summed E-state index contributed by atoms with van der Waals surface area (Å²) in [5.74, 6) is -1.44. The van der Waals surface area contributed by atoms with Crippen molar-refractivity contribution in [3.8, 4) is 0 Å². The number of rotatable bonds is 5. The lowest BCUT2D eigenvalue weighted by Crippen LogP contribution is -2.48. The van der Waals surface area contributed by atoms with Gasteiger partial charge in [0.25, 0.3) is 5.91 Å². The quantitative estimate of drug-likeness (QED) is 0.494. The molecule has 1 heterocycles. The monoisotopic (exact) mass is 328 g/mol. The van der Waals surface area contributed by atoms with E-state index in [9.17, 15) is 14.7 Å². The lowest BCUT2D eigenvalue weighted by atomic mass is 10.1. The zero-order valence-electron chi connectivity index (χ0n) is 13.6. The largest absolute Gasteiger partial charge is 0.501 e. The van der Waals surface area contributed by atoms with E-state index < -0.39 is 17.7 Å². The van der Waals surface area contributed by atoms with Crippen molar-refractivity contribution in [1.82, 2.24) is 10.6 Å². The summed E-state index contributed by atoms with van der Waals surface area (Å²) in [4.78, 5) is 23.4. The molecule has 3 amide bonds. The fourth-order valence-corrected chi connectivity index (χ4v) is 2.97. The molecule has 8 heteroatoms. The number of aliphatic hydroxyl groups excluding tert-OH is 1. The number of carbonyl (C=O) groups is 2. The molecular formula is C15H24N2O6. The average molecular weight is 328 g/mol. The van der Waals surface area contributed by atoms with E-state index in [-0.39, 0.29) is 30.8 Å². The van der Waals surface area contributed by atoms with Gasteiger partial charge in [0, 0.05) is 18.6 Å². The molecule has 0 aromatic rings. The van der Waals surface area contributed by atoms with E-state index in [0.29, 0.717) is 13.0 Å². The van der Waals surface area contributed by atoms with E-state index in [1.165, 1.54) is 6.26 Å². The molecular weight excluding hydrogens is 304 g/mol. The molecule has 0 bridgehead atoms. The molecule has 0 aromatic heterocycles. The van der Waals surface area contributed by atoms with Crippen LogP contribution in [0.1, 0.15) is 27.2 Å². The number of carbonyl (C=O) groups excluding carboxylic acids is 2. The smallest absolute Gasteiger partial charge is 0.322 e. The van der Waals surface area contributed by atoms with E-state index in [1.54, 1.807) is 20.8 Å². The normalized spacial score (nSPS) is 31.8. The van der Waals surface area contributed by atoms with E-state index in [2.05, 4.69) is 10.6 Å². The Morgan fingerprint density at radius 3 is 2.70 bits per heavy atom. The number of hydrogen-bond donors (Lipinski definition) is 3. The Bertz CT molecular complexity index is 479. The van der Waals surface area contributed by atoms with Gasteiger partial charge in [-0.15, -0.1) is 0 Å². The van der Waals surface area contributed by atoms with Crippen LogP contribution in [0.15, 0.2) is 12.3 Å². The maximum absolute atomic E-state index is 11.9. The number of urea groups is 1. The van der Waals surface area contributed by atoms with Crippen molar-refractivity contribution in [1.29, 1.82) is 0 Å². The minimum Gasteiger partial charge on any atom is -0.501 e. The van der Waals surface area contributed by atoms with Gasteiger partial charge in [-0.25, -0.2) is 4.79 Å². The van der Waals surface area contributed by atoms with Gasteiger partial charge in [0.15, 0.2) is 5.79 Å². The minimum atomic E-state index is -0.754. The van der Waals surface area contributed by atoms with Crippen molar-refractivity contribution in [2.75, 3.05) is 13.2 Å². The van der Waals surface area contributed by atoms with Gasteiger partial charge < -0.3 is 24.6 Å². The number of fused-ring (bicyclic) bond motifs is 1. The van der Waals surface area contributed by atoms with Crippen LogP contribution in [0.2, 0.25) is 0 Å². The Labute approximate surface area is 135 Å². The first-order valence-corrected chi connectivity index (χ1v) is 7.72. The first-order chi connectivity index (χ1) is 10.9. The number of aliphatic hydroxyl groups is 1. The highest BCUT2D eigenvalue weighted by molar-refractivity contribution is 6.00. The van der Waals surface area contributed by atoms with Crippen LogP contribution in [0, 0.1) is 5.92 Å². The standard InChI is InChI=1S/C15H24N2O6/c1-4-21-6-5-11(19)17-14(20)16-10-7-9(8-18)12-13(10)23-15(2,3)22-12/h5-6,9-10,12-13,18H,4,7-8H2,1-3H3,(H2,16,17,19,20)/b6-5+/t9?,10-,12-,13+/m1/s1. The maximum atomic E-state index is 11.9. The maximum Gasteiger partial charge on any atom is 0.322 e. The average Bonchev–Trinajstić information content (AvgIpc) is 2.93. The number of ether oxygens (including phenoxy) is 3. The number of imide groups is 1. The van der Waals surface area contributed by atoms with Gasteiger partial charge >= 0.3 is 6.03 Å². The third-order valence-electron chi connectivity index (χ3n) is 3.85. The van der Waals surface area contributed by atoms with Crippen molar-refractivity contribution in [2.24, 2.45) is 5.92 Å². The van der Waals surface area contributed by atoms with Crippen LogP contribution < -0.4 is 10.6 Å². The van der Waals surface area contributed by atoms with E-state index in [0.717, 1.165) is 6.08 Å². The highest BCUT2D eigenvalue weighted by atomic mass is 16.8. The summed E-state index contributed by atoms with van der Waals surface area (Å²) in [5.41, 5.74) is 0. The SMILES string of the molecule is CCO/C=C/C(=O)NC(=O)N[C@@H]1CC(CO)[C@H]2OC(C)(C)O[C@H]21. The van der Waals surface area contributed by atoms with Crippen molar-refractivity contribution in [3.63, 3.8) is 0 Å². The molecule has 0 spiro atoms. The third-order valence-corrected chi connectivity index (χ3v) is 3.85. The summed E-state index contributed by atoms with van der Waals surface area (Å²) in [6.07, 6.45) is 2.27. The molecule has 8 nitrogen and oxygen atoms in total. The van der Waals surface area contributed by atoms with E-state index in [4.69, 9.17) is 14.2 Å². The molecule has 1 aliphatic carbocycles. The van der Waals surface area contributed by atoms with E-state index in [1.807, 2.05) is 0 Å². The summed E-state index contributed by atoms with van der Waals surface area (Å²) in [6, 6.07) is -0.950. The van der Waals surface area contributed by atoms with Crippen molar-refractivity contribution >= 4 is 11.9 Å². The van der Waals surface area contributed by atoms with E-state index >= 15 is 0 Å². The van der Waals surface area contributed by atoms with Crippen LogP contribution >= 0.6 is 0 Å². The Hall–Kier alpha value is -1.64. The second-order valence-electron chi connectivity index (χ2n) is 6.07. The molecule has 1 saturated heterocycles. The summed E-state index contributed by atoms with van der Waals surface area (Å²) in [5, 5.41) is 14.4. The number of nitrogens with one attached hydrogen (secondary N) is 2. The van der Waals surface area contributed by atoms with Crippen LogP contribution in [-0.2, 0) is 19.0 Å². The van der Waals surface area contributed by atoms with Gasteiger partial charge in [0.1, 0.15) is 6.10 Å². The molecule has 0 aromatic carbocycles. The van der Waals surface area contributed by atoms with Gasteiger partial charge in [-0.2, -0.15) is 0 Å². The van der Waals surface area contributed by atoms with Crippen LogP contribution in [0.25, 0.3) is 0 Å². The summed E-state index contributed by atoms with van der Waals surface area (Å²) < 4.78 is 16.5. The van der Waals surface area contributed by atoms with Gasteiger partial charge in [0.2, 0.25) is 0 Å². The zero-order valence-corrected chi connectivity index (χ0v) is 13.6. The molecule has 2 rings (SSSR count). The Kier molecular flexibility index (Phi) is 5.61. The predicted molar refractivity (Wildman–Crippen MR) is 80.2 cm³/mol. The summed E-state index contributed by atoms with van der Waals surface area (Å²) in [6.45, 7) is 5.76. The first kappa shape index (κ1) is 17.7. The lowest BCUT2D eigenvalue weighted by molar-refractivity contribution is -0.159. The topological polar surface area (TPSA) is 106 Å². The summed E-state index contributed by atoms with van der Waals surface area (Å²) >= 11 is 0. The molecule has 4 atom stereocenters. The van der Waals surface area contributed by atoms with Gasteiger partial charge in [-0.3, -0.25) is 10.1 Å². The molecule has 130 valence electrons. The van der Waals surface area contributed by atoms with Crippen LogP contribution in [0.4, 0.5) is 4.79 Å². The highest BCUT2D eigenvalue weighted by Gasteiger charge is 2.54. The zero-order chi connectivity index (χ0) is 17.0. The lowest BCUT2D eigenvalue weighted by Gasteiger charge is -2.23. The number of hydrogen-bond acceptors (Lipinski definition) is 6. The second kappa shape index (κ2) is 7.29. The first-order valence-electron chi connectivity index (χ1n) is 7.72. The predicted octanol–water partition coefficient (Wildman–Crippen LogP) is 0.263.